The van der Waals surface area contributed by atoms with Crippen molar-refractivity contribution in [2.75, 3.05) is 18.4 Å². The molecule has 0 aromatic heterocycles. The third kappa shape index (κ3) is 3.87. The number of anilines is 1. The minimum Gasteiger partial charge on any atom is -0.327 e. The quantitative estimate of drug-likeness (QED) is 0.838. The van der Waals surface area contributed by atoms with E-state index in [2.05, 4.69) is 5.32 Å². The van der Waals surface area contributed by atoms with Crippen molar-refractivity contribution >= 4 is 11.7 Å². The summed E-state index contributed by atoms with van der Waals surface area (Å²) in [5, 5.41) is 2.60. The maximum Gasteiger partial charge on any atom is 0.416 e. The second kappa shape index (κ2) is 5.93. The molecule has 2 atom stereocenters. The van der Waals surface area contributed by atoms with Crippen molar-refractivity contribution < 1.29 is 18.0 Å². The summed E-state index contributed by atoms with van der Waals surface area (Å²) in [5.41, 5.74) is 5.49. The average molecular weight is 301 g/mol. The summed E-state index contributed by atoms with van der Waals surface area (Å²) in [7, 11) is 0. The summed E-state index contributed by atoms with van der Waals surface area (Å²) in [6.07, 6.45) is -3.65. The van der Waals surface area contributed by atoms with E-state index in [4.69, 9.17) is 5.73 Å². The molecule has 2 unspecified atom stereocenters. The van der Waals surface area contributed by atoms with Crippen LogP contribution in [0.25, 0.3) is 0 Å². The van der Waals surface area contributed by atoms with Gasteiger partial charge >= 0.3 is 12.2 Å². The van der Waals surface area contributed by atoms with Gasteiger partial charge in [0.05, 0.1) is 5.56 Å². The number of rotatable bonds is 1. The number of nitrogens with zero attached hydrogens (tertiary/aromatic N) is 1. The van der Waals surface area contributed by atoms with Crippen molar-refractivity contribution in [1.29, 1.82) is 0 Å². The van der Waals surface area contributed by atoms with Crippen LogP contribution in [0.2, 0.25) is 0 Å². The van der Waals surface area contributed by atoms with Crippen LogP contribution in [0.3, 0.4) is 0 Å². The van der Waals surface area contributed by atoms with E-state index in [9.17, 15) is 18.0 Å². The van der Waals surface area contributed by atoms with E-state index >= 15 is 0 Å². The van der Waals surface area contributed by atoms with Crippen molar-refractivity contribution in [1.82, 2.24) is 4.90 Å². The molecule has 0 aliphatic carbocycles. The number of carbonyl (C=O) groups is 1. The summed E-state index contributed by atoms with van der Waals surface area (Å²) < 4.78 is 37.3. The van der Waals surface area contributed by atoms with Crippen LogP contribution in [0, 0.1) is 5.92 Å². The first-order valence-electron chi connectivity index (χ1n) is 6.76. The van der Waals surface area contributed by atoms with Gasteiger partial charge in [-0.25, -0.2) is 4.79 Å². The highest BCUT2D eigenvalue weighted by atomic mass is 19.4. The van der Waals surface area contributed by atoms with Crippen molar-refractivity contribution in [3.8, 4) is 0 Å². The molecule has 1 heterocycles. The Balaban J connectivity index is 1.97. The zero-order valence-electron chi connectivity index (χ0n) is 11.7. The number of benzene rings is 1. The molecule has 0 saturated carbocycles. The van der Waals surface area contributed by atoms with Crippen molar-refractivity contribution in [2.24, 2.45) is 11.7 Å². The van der Waals surface area contributed by atoms with E-state index in [1.807, 2.05) is 6.92 Å². The maximum atomic E-state index is 12.4. The Labute approximate surface area is 121 Å². The van der Waals surface area contributed by atoms with Gasteiger partial charge in [0, 0.05) is 24.8 Å². The number of nitrogens with one attached hydrogen (secondary N) is 1. The standard InChI is InChI=1S/C14H18F3N3O/c1-9-8-20(7-6-12(9)18)13(21)19-11-4-2-10(3-5-11)14(15,16)17/h2-5,9,12H,6-8,18H2,1H3,(H,19,21). The van der Waals surface area contributed by atoms with Crippen LogP contribution in [0.15, 0.2) is 24.3 Å². The molecular weight excluding hydrogens is 283 g/mol. The van der Waals surface area contributed by atoms with Crippen molar-refractivity contribution in [3.05, 3.63) is 29.8 Å². The molecule has 7 heteroatoms. The summed E-state index contributed by atoms with van der Waals surface area (Å²) in [6.45, 7) is 3.08. The van der Waals surface area contributed by atoms with Crippen LogP contribution in [0.5, 0.6) is 0 Å². The van der Waals surface area contributed by atoms with E-state index in [1.165, 1.54) is 12.1 Å². The van der Waals surface area contributed by atoms with E-state index in [0.29, 0.717) is 18.8 Å². The predicted molar refractivity (Wildman–Crippen MR) is 73.8 cm³/mol. The molecule has 0 spiro atoms. The predicted octanol–water partition coefficient (Wildman–Crippen LogP) is 2.91. The molecular formula is C14H18F3N3O. The van der Waals surface area contributed by atoms with Crippen LogP contribution < -0.4 is 11.1 Å². The molecule has 0 bridgehead atoms. The lowest BCUT2D eigenvalue weighted by Gasteiger charge is -2.35. The summed E-state index contributed by atoms with van der Waals surface area (Å²) in [6, 6.07) is 4.17. The minimum atomic E-state index is -4.37. The first-order chi connectivity index (χ1) is 9.77. The monoisotopic (exact) mass is 301 g/mol. The van der Waals surface area contributed by atoms with Crippen LogP contribution in [0.1, 0.15) is 18.9 Å². The fourth-order valence-corrected chi connectivity index (χ4v) is 2.29. The topological polar surface area (TPSA) is 58.4 Å². The number of hydrogen-bond acceptors (Lipinski definition) is 2. The van der Waals surface area contributed by atoms with Gasteiger partial charge < -0.3 is 16.0 Å². The molecule has 3 N–H and O–H groups in total. The lowest BCUT2D eigenvalue weighted by atomic mass is 9.95. The lowest BCUT2D eigenvalue weighted by Crippen LogP contribution is -2.49. The Kier molecular flexibility index (Phi) is 4.41. The first-order valence-corrected chi connectivity index (χ1v) is 6.76. The van der Waals surface area contributed by atoms with Crippen LogP contribution >= 0.6 is 0 Å². The van der Waals surface area contributed by atoms with Crippen molar-refractivity contribution in [2.45, 2.75) is 25.6 Å². The molecule has 1 aliphatic rings. The molecule has 2 amide bonds. The maximum absolute atomic E-state index is 12.4. The fourth-order valence-electron chi connectivity index (χ4n) is 2.29. The number of urea groups is 1. The molecule has 1 fully saturated rings. The molecule has 0 radical (unpaired) electrons. The largest absolute Gasteiger partial charge is 0.416 e. The van der Waals surface area contributed by atoms with E-state index in [1.54, 1.807) is 4.90 Å². The zero-order chi connectivity index (χ0) is 15.6. The van der Waals surface area contributed by atoms with Crippen LogP contribution in [-0.2, 0) is 6.18 Å². The highest BCUT2D eigenvalue weighted by molar-refractivity contribution is 5.89. The molecule has 1 aromatic carbocycles. The van der Waals surface area contributed by atoms with Gasteiger partial charge in [0.25, 0.3) is 0 Å². The van der Waals surface area contributed by atoms with Gasteiger partial charge in [-0.2, -0.15) is 13.2 Å². The number of halogens is 3. The SMILES string of the molecule is CC1CN(C(=O)Nc2ccc(C(F)(F)F)cc2)CCC1N. The normalized spacial score (nSPS) is 23.0. The van der Waals surface area contributed by atoms with E-state index in [0.717, 1.165) is 18.6 Å². The van der Waals surface area contributed by atoms with Gasteiger partial charge in [0.15, 0.2) is 0 Å². The average Bonchev–Trinajstić information content (AvgIpc) is 2.41. The highest BCUT2D eigenvalue weighted by Gasteiger charge is 2.30. The highest BCUT2D eigenvalue weighted by Crippen LogP contribution is 2.29. The van der Waals surface area contributed by atoms with Crippen LogP contribution in [0.4, 0.5) is 23.7 Å². The Morgan fingerprint density at radius 3 is 2.48 bits per heavy atom. The van der Waals surface area contributed by atoms with E-state index < -0.39 is 11.7 Å². The Morgan fingerprint density at radius 2 is 1.95 bits per heavy atom. The van der Waals surface area contributed by atoms with Gasteiger partial charge in [0.2, 0.25) is 0 Å². The Hall–Kier alpha value is -1.76. The van der Waals surface area contributed by atoms with Gasteiger partial charge in [-0.3, -0.25) is 0 Å². The summed E-state index contributed by atoms with van der Waals surface area (Å²) in [4.78, 5) is 13.7. The molecule has 1 saturated heterocycles. The van der Waals surface area contributed by atoms with Crippen molar-refractivity contribution in [3.63, 3.8) is 0 Å². The third-order valence-corrected chi connectivity index (χ3v) is 3.72. The number of piperidine rings is 1. The Morgan fingerprint density at radius 1 is 1.33 bits per heavy atom. The molecule has 21 heavy (non-hydrogen) atoms. The fraction of sp³-hybridized carbons (Fsp3) is 0.500. The molecule has 1 aromatic rings. The van der Waals surface area contributed by atoms with Gasteiger partial charge in [-0.15, -0.1) is 0 Å². The zero-order valence-corrected chi connectivity index (χ0v) is 11.7. The Bertz CT molecular complexity index is 501. The lowest BCUT2D eigenvalue weighted by molar-refractivity contribution is -0.137. The van der Waals surface area contributed by atoms with Gasteiger partial charge in [0.1, 0.15) is 0 Å². The number of likely N-dealkylation sites (tertiary alicyclic amines) is 1. The third-order valence-electron chi connectivity index (χ3n) is 3.72. The number of nitrogens with two attached hydrogens (primary N) is 1. The number of hydrogen-bond donors (Lipinski definition) is 2. The second-order valence-corrected chi connectivity index (χ2v) is 5.38. The summed E-state index contributed by atoms with van der Waals surface area (Å²) >= 11 is 0. The molecule has 1 aliphatic heterocycles. The minimum absolute atomic E-state index is 0.0834. The van der Waals surface area contributed by atoms with Gasteiger partial charge in [-0.1, -0.05) is 6.92 Å². The number of alkyl halides is 3. The van der Waals surface area contributed by atoms with Crippen LogP contribution in [-0.4, -0.2) is 30.1 Å². The van der Waals surface area contributed by atoms with E-state index in [-0.39, 0.29) is 18.0 Å². The molecule has 116 valence electrons. The first kappa shape index (κ1) is 15.6. The number of carbonyl (C=O) groups excluding carboxylic acids is 1. The smallest absolute Gasteiger partial charge is 0.327 e. The molecule has 4 nitrogen and oxygen atoms in total. The summed E-state index contributed by atoms with van der Waals surface area (Å²) in [5.74, 6) is 0.206. The van der Waals surface area contributed by atoms with Gasteiger partial charge in [-0.05, 0) is 36.6 Å². The second-order valence-electron chi connectivity index (χ2n) is 5.38. The molecule has 2 rings (SSSR count). The number of amides is 2.